The molecule has 0 saturated carbocycles. The highest BCUT2D eigenvalue weighted by molar-refractivity contribution is 5.40. The van der Waals surface area contributed by atoms with Crippen LogP contribution in [0.5, 0.6) is 17.8 Å². The number of aromatic nitrogens is 3. The summed E-state index contributed by atoms with van der Waals surface area (Å²) in [4.78, 5) is 12.5. The van der Waals surface area contributed by atoms with Crippen LogP contribution in [0.25, 0.3) is 0 Å². The van der Waals surface area contributed by atoms with Gasteiger partial charge in [-0.15, -0.1) is 4.98 Å². The fourth-order valence-electron chi connectivity index (χ4n) is 1.69. The summed E-state index contributed by atoms with van der Waals surface area (Å²) >= 11 is 0. The predicted molar refractivity (Wildman–Crippen MR) is 81.1 cm³/mol. The van der Waals surface area contributed by atoms with Gasteiger partial charge in [-0.1, -0.05) is 12.1 Å². The highest BCUT2D eigenvalue weighted by atomic mass is 16.5. The van der Waals surface area contributed by atoms with Crippen molar-refractivity contribution in [2.45, 2.75) is 33.8 Å². The molecule has 1 heterocycles. The Hall–Kier alpha value is -2.37. The molecule has 0 aliphatic heterocycles. The molecule has 2 aromatic rings. The average molecular weight is 288 g/mol. The van der Waals surface area contributed by atoms with E-state index in [1.54, 1.807) is 7.05 Å². The van der Waals surface area contributed by atoms with Crippen molar-refractivity contribution in [3.05, 3.63) is 29.3 Å². The van der Waals surface area contributed by atoms with E-state index >= 15 is 0 Å². The summed E-state index contributed by atoms with van der Waals surface area (Å²) in [5.41, 5.74) is 2.20. The molecule has 6 nitrogen and oxygen atoms in total. The van der Waals surface area contributed by atoms with Crippen molar-refractivity contribution in [3.8, 4) is 17.8 Å². The van der Waals surface area contributed by atoms with Crippen LogP contribution >= 0.6 is 0 Å². The Morgan fingerprint density at radius 1 is 1.05 bits per heavy atom. The number of anilines is 1. The highest BCUT2D eigenvalue weighted by Gasteiger charge is 2.11. The van der Waals surface area contributed by atoms with E-state index in [4.69, 9.17) is 9.47 Å². The standard InChI is InChI=1S/C15H20N4O2/c1-9(2)20-14-17-13(16-5)18-15(19-14)21-12-8-6-7-10(3)11(12)4/h6-9H,1-5H3,(H,16,17,18,19). The summed E-state index contributed by atoms with van der Waals surface area (Å²) in [6.07, 6.45) is -0.0225. The predicted octanol–water partition coefficient (Wildman–Crippen LogP) is 3.11. The molecule has 0 saturated heterocycles. The fourth-order valence-corrected chi connectivity index (χ4v) is 1.69. The van der Waals surface area contributed by atoms with Crippen LogP contribution in [0.15, 0.2) is 18.2 Å². The van der Waals surface area contributed by atoms with Crippen molar-refractivity contribution in [2.75, 3.05) is 12.4 Å². The molecule has 21 heavy (non-hydrogen) atoms. The van der Waals surface area contributed by atoms with Gasteiger partial charge in [0.05, 0.1) is 6.10 Å². The fraction of sp³-hybridized carbons (Fsp3) is 0.400. The molecule has 0 aliphatic rings. The molecule has 112 valence electrons. The maximum absolute atomic E-state index is 5.77. The average Bonchev–Trinajstić information content (AvgIpc) is 2.43. The molecule has 0 amide bonds. The van der Waals surface area contributed by atoms with E-state index in [0.717, 1.165) is 16.9 Å². The Bertz CT molecular complexity index is 629. The number of hydrogen-bond acceptors (Lipinski definition) is 6. The number of hydrogen-bond donors (Lipinski definition) is 1. The first-order valence-electron chi connectivity index (χ1n) is 6.84. The summed E-state index contributed by atoms with van der Waals surface area (Å²) in [7, 11) is 1.73. The van der Waals surface area contributed by atoms with Gasteiger partial charge in [0.15, 0.2) is 0 Å². The van der Waals surface area contributed by atoms with Crippen molar-refractivity contribution in [3.63, 3.8) is 0 Å². The van der Waals surface area contributed by atoms with Crippen molar-refractivity contribution in [1.29, 1.82) is 0 Å². The lowest BCUT2D eigenvalue weighted by Crippen LogP contribution is -2.11. The van der Waals surface area contributed by atoms with Crippen LogP contribution in [0.1, 0.15) is 25.0 Å². The molecule has 2 rings (SSSR count). The number of ether oxygens (including phenoxy) is 2. The molecule has 0 fully saturated rings. The smallest absolute Gasteiger partial charge is 0.330 e. The summed E-state index contributed by atoms with van der Waals surface area (Å²) in [5, 5.41) is 2.87. The minimum absolute atomic E-state index is 0.0225. The molecule has 0 spiro atoms. The molecular formula is C15H20N4O2. The molecular weight excluding hydrogens is 268 g/mol. The van der Waals surface area contributed by atoms with Gasteiger partial charge in [-0.2, -0.15) is 9.97 Å². The molecule has 1 aromatic heterocycles. The second kappa shape index (κ2) is 6.39. The molecule has 0 atom stereocenters. The maximum atomic E-state index is 5.77. The van der Waals surface area contributed by atoms with Crippen LogP contribution in [0.3, 0.4) is 0 Å². The van der Waals surface area contributed by atoms with E-state index in [1.807, 2.05) is 45.9 Å². The summed E-state index contributed by atoms with van der Waals surface area (Å²) in [6.45, 7) is 7.85. The third-order valence-corrected chi connectivity index (χ3v) is 2.92. The monoisotopic (exact) mass is 288 g/mol. The minimum Gasteiger partial charge on any atom is -0.461 e. The van der Waals surface area contributed by atoms with Crippen LogP contribution in [0.2, 0.25) is 0 Å². The van der Waals surface area contributed by atoms with Crippen molar-refractivity contribution >= 4 is 5.95 Å². The zero-order valence-electron chi connectivity index (χ0n) is 13.0. The normalized spacial score (nSPS) is 10.6. The third-order valence-electron chi connectivity index (χ3n) is 2.92. The lowest BCUT2D eigenvalue weighted by Gasteiger charge is -2.12. The highest BCUT2D eigenvalue weighted by Crippen LogP contribution is 2.26. The Labute approximate surface area is 124 Å². The van der Waals surface area contributed by atoms with E-state index in [2.05, 4.69) is 20.3 Å². The third kappa shape index (κ3) is 3.81. The second-order valence-corrected chi connectivity index (χ2v) is 4.94. The zero-order chi connectivity index (χ0) is 15.4. The van der Waals surface area contributed by atoms with Crippen LogP contribution < -0.4 is 14.8 Å². The van der Waals surface area contributed by atoms with Gasteiger partial charge in [0.1, 0.15) is 5.75 Å². The zero-order valence-corrected chi connectivity index (χ0v) is 13.0. The topological polar surface area (TPSA) is 69.2 Å². The first-order chi connectivity index (χ1) is 9.99. The van der Waals surface area contributed by atoms with Gasteiger partial charge >= 0.3 is 12.0 Å². The SMILES string of the molecule is CNc1nc(Oc2cccc(C)c2C)nc(OC(C)C)n1. The Morgan fingerprint density at radius 2 is 1.76 bits per heavy atom. The van der Waals surface area contributed by atoms with Gasteiger partial charge in [-0.3, -0.25) is 0 Å². The van der Waals surface area contributed by atoms with E-state index in [0.29, 0.717) is 5.95 Å². The number of rotatable bonds is 5. The lowest BCUT2D eigenvalue weighted by molar-refractivity contribution is 0.218. The van der Waals surface area contributed by atoms with Gasteiger partial charge in [-0.25, -0.2) is 0 Å². The number of nitrogens with zero attached hydrogens (tertiary/aromatic N) is 3. The van der Waals surface area contributed by atoms with Crippen molar-refractivity contribution in [2.24, 2.45) is 0 Å². The number of benzene rings is 1. The van der Waals surface area contributed by atoms with Gasteiger partial charge in [0.2, 0.25) is 5.95 Å². The largest absolute Gasteiger partial charge is 0.461 e. The molecule has 1 N–H and O–H groups in total. The number of nitrogens with one attached hydrogen (secondary N) is 1. The van der Waals surface area contributed by atoms with Gasteiger partial charge in [0.25, 0.3) is 0 Å². The summed E-state index contributed by atoms with van der Waals surface area (Å²) in [6, 6.07) is 6.29. The molecule has 1 aromatic carbocycles. The van der Waals surface area contributed by atoms with Crippen LogP contribution in [0.4, 0.5) is 5.95 Å². The van der Waals surface area contributed by atoms with E-state index in [9.17, 15) is 0 Å². The van der Waals surface area contributed by atoms with Crippen LogP contribution in [-0.4, -0.2) is 28.1 Å². The van der Waals surface area contributed by atoms with E-state index in [-0.39, 0.29) is 18.1 Å². The molecule has 0 unspecified atom stereocenters. The molecule has 0 radical (unpaired) electrons. The van der Waals surface area contributed by atoms with Crippen molar-refractivity contribution in [1.82, 2.24) is 15.0 Å². The van der Waals surface area contributed by atoms with Crippen LogP contribution in [0, 0.1) is 13.8 Å². The quantitative estimate of drug-likeness (QED) is 0.911. The van der Waals surface area contributed by atoms with E-state index < -0.39 is 0 Å². The number of aryl methyl sites for hydroxylation is 1. The maximum Gasteiger partial charge on any atom is 0.330 e. The van der Waals surface area contributed by atoms with Gasteiger partial charge in [-0.05, 0) is 44.9 Å². The summed E-state index contributed by atoms with van der Waals surface area (Å²) < 4.78 is 11.3. The molecule has 0 bridgehead atoms. The second-order valence-electron chi connectivity index (χ2n) is 4.94. The molecule has 6 heteroatoms. The molecule has 0 aliphatic carbocycles. The van der Waals surface area contributed by atoms with Crippen molar-refractivity contribution < 1.29 is 9.47 Å². The lowest BCUT2D eigenvalue weighted by atomic mass is 10.1. The Kier molecular flexibility index (Phi) is 4.57. The minimum atomic E-state index is -0.0225. The Balaban J connectivity index is 2.32. The first-order valence-corrected chi connectivity index (χ1v) is 6.84. The van der Waals surface area contributed by atoms with Gasteiger partial charge in [0, 0.05) is 7.05 Å². The summed E-state index contributed by atoms with van der Waals surface area (Å²) in [5.74, 6) is 1.12. The first kappa shape index (κ1) is 15.0. The Morgan fingerprint density at radius 3 is 2.43 bits per heavy atom. The van der Waals surface area contributed by atoms with E-state index in [1.165, 1.54) is 0 Å². The van der Waals surface area contributed by atoms with Crippen LogP contribution in [-0.2, 0) is 0 Å². The van der Waals surface area contributed by atoms with Gasteiger partial charge < -0.3 is 14.8 Å².